The predicted molar refractivity (Wildman–Crippen MR) is 214 cm³/mol. The smallest absolute Gasteiger partial charge is 0.252 e. The van der Waals surface area contributed by atoms with Gasteiger partial charge in [0, 0.05) is 45.5 Å². The quantitative estimate of drug-likeness (QED) is 0.173. The van der Waals surface area contributed by atoms with Gasteiger partial charge in [0.2, 0.25) is 0 Å². The number of anilines is 9. The second kappa shape index (κ2) is 11.9. The van der Waals surface area contributed by atoms with Crippen LogP contribution in [0.1, 0.15) is 22.3 Å². The molecule has 2 aliphatic rings. The number of benzene rings is 7. The number of rotatable bonds is 5. The van der Waals surface area contributed by atoms with E-state index in [2.05, 4.69) is 200 Å². The van der Waals surface area contributed by atoms with Gasteiger partial charge in [-0.25, -0.2) is 0 Å². The van der Waals surface area contributed by atoms with E-state index in [9.17, 15) is 0 Å². The Labute approximate surface area is 295 Å². The zero-order valence-corrected chi connectivity index (χ0v) is 28.9. The molecule has 4 heteroatoms. The van der Waals surface area contributed by atoms with Crippen LogP contribution in [0.4, 0.5) is 51.2 Å². The van der Waals surface area contributed by atoms with Gasteiger partial charge in [-0.1, -0.05) is 108 Å². The van der Waals surface area contributed by atoms with E-state index in [1.54, 1.807) is 0 Å². The number of hydrogen-bond acceptors (Lipinski definition) is 3. The first-order valence-corrected chi connectivity index (χ1v) is 17.5. The van der Waals surface area contributed by atoms with E-state index >= 15 is 0 Å². The van der Waals surface area contributed by atoms with Gasteiger partial charge in [-0.15, -0.1) is 0 Å². The van der Waals surface area contributed by atoms with E-state index in [0.717, 1.165) is 17.1 Å². The topological polar surface area (TPSA) is 9.72 Å². The molecule has 3 nitrogen and oxygen atoms in total. The monoisotopic (exact) mass is 643 g/mol. The van der Waals surface area contributed by atoms with Crippen LogP contribution in [0, 0.1) is 27.7 Å². The molecule has 0 bridgehead atoms. The Kier molecular flexibility index (Phi) is 7.13. The molecule has 2 heterocycles. The van der Waals surface area contributed by atoms with Gasteiger partial charge in [0.15, 0.2) is 0 Å². The number of para-hydroxylation sites is 4. The molecule has 0 saturated heterocycles. The fraction of sp³-hybridized carbons (Fsp3) is 0.0870. The van der Waals surface area contributed by atoms with Gasteiger partial charge in [-0.05, 0) is 116 Å². The fourth-order valence-corrected chi connectivity index (χ4v) is 8.24. The van der Waals surface area contributed by atoms with E-state index in [-0.39, 0.29) is 6.71 Å². The molecule has 9 rings (SSSR count). The maximum absolute atomic E-state index is 2.48. The first kappa shape index (κ1) is 30.1. The lowest BCUT2D eigenvalue weighted by Crippen LogP contribution is -2.61. The molecule has 0 unspecified atom stereocenters. The highest BCUT2D eigenvalue weighted by atomic mass is 15.2. The van der Waals surface area contributed by atoms with Crippen molar-refractivity contribution in [1.29, 1.82) is 0 Å². The van der Waals surface area contributed by atoms with Crippen molar-refractivity contribution in [1.82, 2.24) is 0 Å². The lowest BCUT2D eigenvalue weighted by atomic mass is 9.33. The van der Waals surface area contributed by atoms with Crippen LogP contribution >= 0.6 is 0 Å². The first-order valence-electron chi connectivity index (χ1n) is 17.5. The summed E-state index contributed by atoms with van der Waals surface area (Å²) in [5.74, 6) is 0. The summed E-state index contributed by atoms with van der Waals surface area (Å²) in [7, 11) is 0. The van der Waals surface area contributed by atoms with Crippen LogP contribution in [0.5, 0.6) is 0 Å². The molecule has 0 spiro atoms. The maximum Gasteiger partial charge on any atom is 0.252 e. The molecule has 7 aromatic carbocycles. The average molecular weight is 644 g/mol. The van der Waals surface area contributed by atoms with Crippen LogP contribution in [0.3, 0.4) is 0 Å². The normalized spacial score (nSPS) is 12.7. The molecular formula is C46H38BN3. The second-order valence-corrected chi connectivity index (χ2v) is 13.7. The SMILES string of the molecule is Cc1ccc(N(c2cc3c4c(c2)N(c2ccccc2)c2ccccc2B4c2ccccc2N3c2ccccc2)c2ccc(C)cc2C)c(C)c1. The number of aryl methyl sites for hydroxylation is 4. The average Bonchev–Trinajstić information content (AvgIpc) is 3.14. The largest absolute Gasteiger partial charge is 0.311 e. The molecule has 0 atom stereocenters. The Morgan fingerprint density at radius 1 is 0.420 bits per heavy atom. The van der Waals surface area contributed by atoms with Crippen molar-refractivity contribution >= 4 is 74.3 Å². The minimum absolute atomic E-state index is 0.0806. The highest BCUT2D eigenvalue weighted by Gasteiger charge is 2.43. The lowest BCUT2D eigenvalue weighted by molar-refractivity contribution is 1.19. The van der Waals surface area contributed by atoms with E-state index in [1.165, 1.54) is 72.8 Å². The Morgan fingerprint density at radius 3 is 1.28 bits per heavy atom. The molecule has 0 saturated carbocycles. The van der Waals surface area contributed by atoms with Crippen LogP contribution in [0.25, 0.3) is 0 Å². The molecule has 240 valence electrons. The van der Waals surface area contributed by atoms with Crippen molar-refractivity contribution < 1.29 is 0 Å². The summed E-state index contributed by atoms with van der Waals surface area (Å²) in [5.41, 5.74) is 19.5. The van der Waals surface area contributed by atoms with Gasteiger partial charge < -0.3 is 14.7 Å². The maximum atomic E-state index is 2.48. The van der Waals surface area contributed by atoms with Gasteiger partial charge in [-0.3, -0.25) is 0 Å². The zero-order valence-electron chi connectivity index (χ0n) is 28.9. The second-order valence-electron chi connectivity index (χ2n) is 13.7. The molecule has 0 N–H and O–H groups in total. The molecule has 0 radical (unpaired) electrons. The number of hydrogen-bond donors (Lipinski definition) is 0. The molecule has 7 aromatic rings. The van der Waals surface area contributed by atoms with Crippen LogP contribution in [-0.4, -0.2) is 6.71 Å². The van der Waals surface area contributed by atoms with Crippen molar-refractivity contribution in [2.75, 3.05) is 14.7 Å². The van der Waals surface area contributed by atoms with Crippen LogP contribution in [0.15, 0.2) is 158 Å². The third-order valence-electron chi connectivity index (χ3n) is 10.3. The zero-order chi connectivity index (χ0) is 33.9. The number of nitrogens with zero attached hydrogens (tertiary/aromatic N) is 3. The van der Waals surface area contributed by atoms with E-state index in [1.807, 2.05) is 0 Å². The molecule has 50 heavy (non-hydrogen) atoms. The minimum atomic E-state index is 0.0806. The summed E-state index contributed by atoms with van der Waals surface area (Å²) >= 11 is 0. The molecule has 0 aliphatic carbocycles. The summed E-state index contributed by atoms with van der Waals surface area (Å²) < 4.78 is 0. The van der Waals surface area contributed by atoms with Crippen LogP contribution < -0.4 is 31.1 Å². The van der Waals surface area contributed by atoms with Crippen molar-refractivity contribution in [2.45, 2.75) is 27.7 Å². The summed E-state index contributed by atoms with van der Waals surface area (Å²) in [6, 6.07) is 58.1. The Morgan fingerprint density at radius 2 is 0.840 bits per heavy atom. The third kappa shape index (κ3) is 4.74. The Bertz CT molecular complexity index is 2240. The van der Waals surface area contributed by atoms with Crippen molar-refractivity contribution in [3.05, 3.63) is 180 Å². The third-order valence-corrected chi connectivity index (χ3v) is 10.3. The van der Waals surface area contributed by atoms with E-state index in [0.29, 0.717) is 0 Å². The van der Waals surface area contributed by atoms with Gasteiger partial charge in [-0.2, -0.15) is 0 Å². The van der Waals surface area contributed by atoms with Crippen molar-refractivity contribution in [3.8, 4) is 0 Å². The van der Waals surface area contributed by atoms with E-state index < -0.39 is 0 Å². The van der Waals surface area contributed by atoms with Gasteiger partial charge >= 0.3 is 0 Å². The molecule has 0 fully saturated rings. The van der Waals surface area contributed by atoms with Gasteiger partial charge in [0.1, 0.15) is 0 Å². The highest BCUT2D eigenvalue weighted by molar-refractivity contribution is 7.00. The predicted octanol–water partition coefficient (Wildman–Crippen LogP) is 10.5. The summed E-state index contributed by atoms with van der Waals surface area (Å²) in [6.45, 7) is 8.89. The summed E-state index contributed by atoms with van der Waals surface area (Å²) in [4.78, 5) is 7.43. The summed E-state index contributed by atoms with van der Waals surface area (Å²) in [5, 5.41) is 0. The van der Waals surface area contributed by atoms with Crippen LogP contribution in [0.2, 0.25) is 0 Å². The van der Waals surface area contributed by atoms with Crippen LogP contribution in [-0.2, 0) is 0 Å². The van der Waals surface area contributed by atoms with Crippen molar-refractivity contribution in [2.24, 2.45) is 0 Å². The molecule has 2 aliphatic heterocycles. The van der Waals surface area contributed by atoms with Crippen molar-refractivity contribution in [3.63, 3.8) is 0 Å². The fourth-order valence-electron chi connectivity index (χ4n) is 8.24. The van der Waals surface area contributed by atoms with E-state index in [4.69, 9.17) is 0 Å². The molecule has 0 aromatic heterocycles. The number of fused-ring (bicyclic) bond motifs is 4. The van der Waals surface area contributed by atoms with Gasteiger partial charge in [0.05, 0.1) is 5.69 Å². The minimum Gasteiger partial charge on any atom is -0.311 e. The first-order chi connectivity index (χ1) is 24.5. The summed E-state index contributed by atoms with van der Waals surface area (Å²) in [6.07, 6.45) is 0. The lowest BCUT2D eigenvalue weighted by Gasteiger charge is -2.45. The Hall–Kier alpha value is -6.00. The Balaban J connectivity index is 1.42. The molecular weight excluding hydrogens is 605 g/mol. The highest BCUT2D eigenvalue weighted by Crippen LogP contribution is 2.48. The standard InChI is InChI=1S/C46H38BN3/c1-31-23-25-40(33(3)27-31)50(41-26-24-32(2)28-34(41)4)37-29-44-46-45(30-37)49(36-17-9-6-10-18-36)43-22-14-12-20-39(43)47(46)38-19-11-13-21-42(38)48(44)35-15-7-5-8-16-35/h5-30H,1-4H3. The van der Waals surface area contributed by atoms with Gasteiger partial charge in [0.25, 0.3) is 6.71 Å². The molecule has 0 amide bonds.